The maximum absolute atomic E-state index is 13.1. The Labute approximate surface area is 111 Å². The Morgan fingerprint density at radius 3 is 2.63 bits per heavy atom. The van der Waals surface area contributed by atoms with Gasteiger partial charge in [0.1, 0.15) is 0 Å². The van der Waals surface area contributed by atoms with Gasteiger partial charge < -0.3 is 10.6 Å². The highest BCUT2D eigenvalue weighted by molar-refractivity contribution is 5.79. The Morgan fingerprint density at radius 2 is 2.05 bits per heavy atom. The van der Waals surface area contributed by atoms with E-state index in [0.717, 1.165) is 31.4 Å². The van der Waals surface area contributed by atoms with Crippen LogP contribution in [0.25, 0.3) is 0 Å². The molecular formula is C14H18F2N2O. The van der Waals surface area contributed by atoms with Crippen molar-refractivity contribution in [3.63, 3.8) is 0 Å². The Balaban J connectivity index is 1.99. The number of carbonyl (C=O) groups is 1. The van der Waals surface area contributed by atoms with Gasteiger partial charge in [-0.1, -0.05) is 6.07 Å². The number of halogens is 2. The number of hydrogen-bond donors (Lipinski definition) is 1. The molecule has 0 bridgehead atoms. The summed E-state index contributed by atoms with van der Waals surface area (Å²) in [5, 5.41) is 0. The predicted molar refractivity (Wildman–Crippen MR) is 68.5 cm³/mol. The number of nitrogens with two attached hydrogens (primary N) is 1. The van der Waals surface area contributed by atoms with Crippen LogP contribution in [-0.2, 0) is 11.2 Å². The van der Waals surface area contributed by atoms with Crippen LogP contribution in [0.3, 0.4) is 0 Å². The highest BCUT2D eigenvalue weighted by Gasteiger charge is 2.31. The lowest BCUT2D eigenvalue weighted by Crippen LogP contribution is -2.36. The molecule has 1 aliphatic rings. The SMILES string of the molecule is NCCCN(C(=O)Cc1ccc(F)c(F)c1)C1CC1. The molecule has 0 unspecified atom stereocenters. The number of benzene rings is 1. The number of carbonyl (C=O) groups excluding carboxylic acids is 1. The molecule has 0 radical (unpaired) electrons. The second kappa shape index (κ2) is 6.10. The molecule has 1 aromatic carbocycles. The van der Waals surface area contributed by atoms with Crippen LogP contribution in [-0.4, -0.2) is 29.9 Å². The molecule has 1 amide bonds. The lowest BCUT2D eigenvalue weighted by atomic mass is 10.1. The van der Waals surface area contributed by atoms with Crippen LogP contribution >= 0.6 is 0 Å². The van der Waals surface area contributed by atoms with Gasteiger partial charge in [-0.2, -0.15) is 0 Å². The van der Waals surface area contributed by atoms with Gasteiger partial charge in [0.2, 0.25) is 5.91 Å². The monoisotopic (exact) mass is 268 g/mol. The number of amides is 1. The van der Waals surface area contributed by atoms with Gasteiger partial charge >= 0.3 is 0 Å². The van der Waals surface area contributed by atoms with Crippen molar-refractivity contribution < 1.29 is 13.6 Å². The molecular weight excluding hydrogens is 250 g/mol. The molecule has 0 spiro atoms. The zero-order valence-electron chi connectivity index (χ0n) is 10.7. The lowest BCUT2D eigenvalue weighted by molar-refractivity contribution is -0.131. The molecule has 0 saturated heterocycles. The fourth-order valence-corrected chi connectivity index (χ4v) is 2.08. The molecule has 0 heterocycles. The first-order valence-electron chi connectivity index (χ1n) is 6.55. The van der Waals surface area contributed by atoms with Gasteiger partial charge in [-0.25, -0.2) is 8.78 Å². The summed E-state index contributed by atoms with van der Waals surface area (Å²) in [4.78, 5) is 14.0. The summed E-state index contributed by atoms with van der Waals surface area (Å²) < 4.78 is 25.9. The number of rotatable bonds is 6. The Hall–Kier alpha value is -1.49. The van der Waals surface area contributed by atoms with Gasteiger partial charge in [0, 0.05) is 12.6 Å². The zero-order valence-corrected chi connectivity index (χ0v) is 10.7. The summed E-state index contributed by atoms with van der Waals surface area (Å²) in [6.07, 6.45) is 2.92. The summed E-state index contributed by atoms with van der Waals surface area (Å²) in [6.45, 7) is 1.19. The summed E-state index contributed by atoms with van der Waals surface area (Å²) >= 11 is 0. The molecule has 0 aliphatic heterocycles. The topological polar surface area (TPSA) is 46.3 Å². The van der Waals surface area contributed by atoms with Crippen LogP contribution in [0, 0.1) is 11.6 Å². The first-order valence-corrected chi connectivity index (χ1v) is 6.55. The van der Waals surface area contributed by atoms with Crippen LogP contribution in [0.5, 0.6) is 0 Å². The van der Waals surface area contributed by atoms with E-state index in [-0.39, 0.29) is 12.3 Å². The normalized spacial score (nSPS) is 14.5. The third-order valence-corrected chi connectivity index (χ3v) is 3.25. The molecule has 2 N–H and O–H groups in total. The van der Waals surface area contributed by atoms with Gasteiger partial charge in [0.15, 0.2) is 11.6 Å². The summed E-state index contributed by atoms with van der Waals surface area (Å²) in [7, 11) is 0. The first-order chi connectivity index (χ1) is 9.11. The minimum absolute atomic E-state index is 0.0399. The van der Waals surface area contributed by atoms with Crippen molar-refractivity contribution >= 4 is 5.91 Å². The predicted octanol–water partition coefficient (Wildman–Crippen LogP) is 1.85. The van der Waals surface area contributed by atoms with Crippen molar-refractivity contribution in [1.29, 1.82) is 0 Å². The molecule has 5 heteroatoms. The average Bonchev–Trinajstić information content (AvgIpc) is 3.19. The second-order valence-corrected chi connectivity index (χ2v) is 4.89. The van der Waals surface area contributed by atoms with Gasteiger partial charge in [0.05, 0.1) is 6.42 Å². The molecule has 3 nitrogen and oxygen atoms in total. The lowest BCUT2D eigenvalue weighted by Gasteiger charge is -2.22. The highest BCUT2D eigenvalue weighted by Crippen LogP contribution is 2.27. The van der Waals surface area contributed by atoms with E-state index in [4.69, 9.17) is 5.73 Å². The van der Waals surface area contributed by atoms with Crippen molar-refractivity contribution in [2.45, 2.75) is 31.7 Å². The number of hydrogen-bond acceptors (Lipinski definition) is 2. The quantitative estimate of drug-likeness (QED) is 0.855. The van der Waals surface area contributed by atoms with E-state index in [1.54, 1.807) is 0 Å². The zero-order chi connectivity index (χ0) is 13.8. The largest absolute Gasteiger partial charge is 0.339 e. The van der Waals surface area contributed by atoms with E-state index in [1.165, 1.54) is 6.07 Å². The molecule has 19 heavy (non-hydrogen) atoms. The average molecular weight is 268 g/mol. The first kappa shape index (κ1) is 13.9. The Kier molecular flexibility index (Phi) is 4.47. The van der Waals surface area contributed by atoms with E-state index in [2.05, 4.69) is 0 Å². The maximum Gasteiger partial charge on any atom is 0.227 e. The fourth-order valence-electron chi connectivity index (χ4n) is 2.08. The summed E-state index contributed by atoms with van der Waals surface area (Å²) in [5.41, 5.74) is 5.96. The van der Waals surface area contributed by atoms with E-state index in [9.17, 15) is 13.6 Å². The maximum atomic E-state index is 13.1. The molecule has 2 rings (SSSR count). The van der Waals surface area contributed by atoms with E-state index in [0.29, 0.717) is 24.7 Å². The fraction of sp³-hybridized carbons (Fsp3) is 0.500. The standard InChI is InChI=1S/C14H18F2N2O/c15-12-5-2-10(8-13(12)16)9-14(19)18(7-1-6-17)11-3-4-11/h2,5,8,11H,1,3-4,6-7,9,17H2. The molecule has 104 valence electrons. The van der Waals surface area contributed by atoms with Crippen LogP contribution in [0.1, 0.15) is 24.8 Å². The molecule has 1 aliphatic carbocycles. The smallest absolute Gasteiger partial charge is 0.227 e. The van der Waals surface area contributed by atoms with Crippen molar-refractivity contribution in [2.24, 2.45) is 5.73 Å². The van der Waals surface area contributed by atoms with Crippen molar-refractivity contribution in [3.8, 4) is 0 Å². The van der Waals surface area contributed by atoms with Gasteiger partial charge in [-0.05, 0) is 43.5 Å². The van der Waals surface area contributed by atoms with Gasteiger partial charge in [-0.3, -0.25) is 4.79 Å². The minimum atomic E-state index is -0.912. The number of nitrogens with zero attached hydrogens (tertiary/aromatic N) is 1. The van der Waals surface area contributed by atoms with E-state index >= 15 is 0 Å². The third kappa shape index (κ3) is 3.73. The molecule has 0 atom stereocenters. The minimum Gasteiger partial charge on any atom is -0.339 e. The summed E-state index contributed by atoms with van der Waals surface area (Å²) in [6, 6.07) is 3.90. The van der Waals surface area contributed by atoms with Crippen molar-refractivity contribution in [3.05, 3.63) is 35.4 Å². The Bertz CT molecular complexity index is 461. The molecule has 0 aromatic heterocycles. The van der Waals surface area contributed by atoms with Crippen LogP contribution in [0.4, 0.5) is 8.78 Å². The van der Waals surface area contributed by atoms with Gasteiger partial charge in [0.25, 0.3) is 0 Å². The van der Waals surface area contributed by atoms with Crippen LogP contribution < -0.4 is 5.73 Å². The molecule has 1 aromatic rings. The van der Waals surface area contributed by atoms with Crippen LogP contribution in [0.15, 0.2) is 18.2 Å². The van der Waals surface area contributed by atoms with E-state index in [1.807, 2.05) is 4.90 Å². The highest BCUT2D eigenvalue weighted by atomic mass is 19.2. The van der Waals surface area contributed by atoms with Crippen LogP contribution in [0.2, 0.25) is 0 Å². The van der Waals surface area contributed by atoms with Gasteiger partial charge in [-0.15, -0.1) is 0 Å². The summed E-state index contributed by atoms with van der Waals surface area (Å²) in [5.74, 6) is -1.84. The Morgan fingerprint density at radius 1 is 1.32 bits per heavy atom. The third-order valence-electron chi connectivity index (χ3n) is 3.25. The van der Waals surface area contributed by atoms with Crippen molar-refractivity contribution in [2.75, 3.05) is 13.1 Å². The van der Waals surface area contributed by atoms with Crippen molar-refractivity contribution in [1.82, 2.24) is 4.90 Å². The second-order valence-electron chi connectivity index (χ2n) is 4.89. The van der Waals surface area contributed by atoms with E-state index < -0.39 is 11.6 Å². The molecule has 1 saturated carbocycles. The molecule has 1 fully saturated rings.